The Labute approximate surface area is 106 Å². The summed E-state index contributed by atoms with van der Waals surface area (Å²) in [6.07, 6.45) is 1.19. The van der Waals surface area contributed by atoms with Gasteiger partial charge in [0.15, 0.2) is 0 Å². The van der Waals surface area contributed by atoms with Gasteiger partial charge in [-0.3, -0.25) is 4.79 Å². The van der Waals surface area contributed by atoms with Crippen LogP contribution in [0.3, 0.4) is 0 Å². The standard InChI is InChI=1S/C14H15NO3/c1-4-13(16)15(10-11(2)14(17)18-3)12-8-6-5-7-9-12/h4-9H,1-2,10H2,3H3. The Morgan fingerprint density at radius 2 is 1.94 bits per heavy atom. The first-order valence-corrected chi connectivity index (χ1v) is 5.35. The van der Waals surface area contributed by atoms with Crippen molar-refractivity contribution >= 4 is 17.6 Å². The van der Waals surface area contributed by atoms with Gasteiger partial charge in [0.2, 0.25) is 0 Å². The van der Waals surface area contributed by atoms with E-state index >= 15 is 0 Å². The second-order valence-corrected chi connectivity index (χ2v) is 3.56. The van der Waals surface area contributed by atoms with Crippen LogP contribution in [0.15, 0.2) is 55.1 Å². The lowest BCUT2D eigenvalue weighted by Crippen LogP contribution is -2.32. The van der Waals surface area contributed by atoms with Crippen molar-refractivity contribution < 1.29 is 14.3 Å². The Morgan fingerprint density at radius 1 is 1.33 bits per heavy atom. The fourth-order valence-electron chi connectivity index (χ4n) is 1.41. The second-order valence-electron chi connectivity index (χ2n) is 3.56. The molecule has 0 aliphatic carbocycles. The van der Waals surface area contributed by atoms with E-state index in [0.29, 0.717) is 5.69 Å². The van der Waals surface area contributed by atoms with E-state index in [9.17, 15) is 9.59 Å². The molecule has 4 nitrogen and oxygen atoms in total. The van der Waals surface area contributed by atoms with Gasteiger partial charge < -0.3 is 9.64 Å². The maximum Gasteiger partial charge on any atom is 0.334 e. The van der Waals surface area contributed by atoms with Gasteiger partial charge in [0.05, 0.1) is 13.7 Å². The van der Waals surface area contributed by atoms with Crippen molar-refractivity contribution in [3.8, 4) is 0 Å². The molecule has 0 fully saturated rings. The number of hydrogen-bond donors (Lipinski definition) is 0. The fourth-order valence-corrected chi connectivity index (χ4v) is 1.41. The van der Waals surface area contributed by atoms with Crippen LogP contribution < -0.4 is 4.90 Å². The SMILES string of the molecule is C=CC(=O)N(CC(=C)C(=O)OC)c1ccccc1. The van der Waals surface area contributed by atoms with Gasteiger partial charge in [-0.05, 0) is 18.2 Å². The van der Waals surface area contributed by atoms with Crippen LogP contribution in [0.1, 0.15) is 0 Å². The Kier molecular flexibility index (Phi) is 4.87. The highest BCUT2D eigenvalue weighted by atomic mass is 16.5. The summed E-state index contributed by atoms with van der Waals surface area (Å²) in [5.74, 6) is -0.834. The normalized spacial score (nSPS) is 9.39. The third-order valence-corrected chi connectivity index (χ3v) is 2.33. The summed E-state index contributed by atoms with van der Waals surface area (Å²) in [5.41, 5.74) is 0.879. The van der Waals surface area contributed by atoms with E-state index < -0.39 is 5.97 Å². The minimum absolute atomic E-state index is 0.0710. The number of nitrogens with zero attached hydrogens (tertiary/aromatic N) is 1. The molecule has 1 rings (SSSR count). The molecule has 0 aliphatic rings. The Hall–Kier alpha value is -2.36. The van der Waals surface area contributed by atoms with Gasteiger partial charge in [0.25, 0.3) is 5.91 Å². The number of amides is 1. The Balaban J connectivity index is 2.94. The molecule has 0 N–H and O–H groups in total. The fraction of sp³-hybridized carbons (Fsp3) is 0.143. The molecular formula is C14H15NO3. The summed E-state index contributed by atoms with van der Waals surface area (Å²) in [4.78, 5) is 24.5. The summed E-state index contributed by atoms with van der Waals surface area (Å²) < 4.78 is 4.56. The van der Waals surface area contributed by atoms with Crippen LogP contribution >= 0.6 is 0 Å². The van der Waals surface area contributed by atoms with E-state index in [1.165, 1.54) is 18.1 Å². The van der Waals surface area contributed by atoms with Crippen LogP contribution in [0.5, 0.6) is 0 Å². The van der Waals surface area contributed by atoms with E-state index in [1.54, 1.807) is 24.3 Å². The molecule has 1 aromatic rings. The highest BCUT2D eigenvalue weighted by Crippen LogP contribution is 2.15. The molecule has 0 aromatic heterocycles. The molecule has 0 spiro atoms. The Morgan fingerprint density at radius 3 is 2.44 bits per heavy atom. The molecule has 4 heteroatoms. The number of benzene rings is 1. The first-order chi connectivity index (χ1) is 8.60. The number of para-hydroxylation sites is 1. The molecule has 1 amide bonds. The number of ether oxygens (including phenoxy) is 1. The van der Waals surface area contributed by atoms with Crippen LogP contribution in [0, 0.1) is 0 Å². The maximum absolute atomic E-state index is 11.8. The first kappa shape index (κ1) is 13.7. The predicted molar refractivity (Wildman–Crippen MR) is 70.1 cm³/mol. The number of carbonyl (C=O) groups excluding carboxylic acids is 2. The van der Waals surface area contributed by atoms with Crippen molar-refractivity contribution in [3.05, 3.63) is 55.1 Å². The molecule has 0 atom stereocenters. The molecule has 0 unspecified atom stereocenters. The molecule has 1 aromatic carbocycles. The van der Waals surface area contributed by atoms with E-state index in [2.05, 4.69) is 17.9 Å². The molecule has 18 heavy (non-hydrogen) atoms. The van der Waals surface area contributed by atoms with Gasteiger partial charge in [-0.1, -0.05) is 31.4 Å². The summed E-state index contributed by atoms with van der Waals surface area (Å²) in [5, 5.41) is 0. The molecule has 0 heterocycles. The van der Waals surface area contributed by atoms with Crippen LogP contribution in [-0.4, -0.2) is 25.5 Å². The third-order valence-electron chi connectivity index (χ3n) is 2.33. The molecule has 94 valence electrons. The molecular weight excluding hydrogens is 230 g/mol. The highest BCUT2D eigenvalue weighted by molar-refractivity contribution is 6.02. The monoisotopic (exact) mass is 245 g/mol. The van der Waals surface area contributed by atoms with Crippen molar-refractivity contribution in [1.82, 2.24) is 0 Å². The van der Waals surface area contributed by atoms with Crippen molar-refractivity contribution in [1.29, 1.82) is 0 Å². The number of methoxy groups -OCH3 is 1. The zero-order valence-corrected chi connectivity index (χ0v) is 10.3. The number of carbonyl (C=O) groups is 2. The summed E-state index contributed by atoms with van der Waals surface area (Å²) in [7, 11) is 1.27. The zero-order valence-electron chi connectivity index (χ0n) is 10.3. The van der Waals surface area contributed by atoms with Crippen molar-refractivity contribution in [2.45, 2.75) is 0 Å². The van der Waals surface area contributed by atoms with Gasteiger partial charge in [-0.2, -0.15) is 0 Å². The maximum atomic E-state index is 11.8. The van der Waals surface area contributed by atoms with Crippen LogP contribution in [0.25, 0.3) is 0 Å². The minimum atomic E-state index is -0.534. The van der Waals surface area contributed by atoms with Gasteiger partial charge in [0, 0.05) is 11.3 Å². The van der Waals surface area contributed by atoms with Crippen LogP contribution in [0.4, 0.5) is 5.69 Å². The second kappa shape index (κ2) is 6.39. The van der Waals surface area contributed by atoms with Crippen molar-refractivity contribution in [2.75, 3.05) is 18.6 Å². The van der Waals surface area contributed by atoms with Gasteiger partial charge in [0.1, 0.15) is 0 Å². The van der Waals surface area contributed by atoms with Gasteiger partial charge in [-0.25, -0.2) is 4.79 Å². The average molecular weight is 245 g/mol. The summed E-state index contributed by atoms with van der Waals surface area (Å²) >= 11 is 0. The number of anilines is 1. The van der Waals surface area contributed by atoms with Gasteiger partial charge >= 0.3 is 5.97 Å². The van der Waals surface area contributed by atoms with E-state index in [0.717, 1.165) is 0 Å². The van der Waals surface area contributed by atoms with Crippen LogP contribution in [-0.2, 0) is 14.3 Å². The van der Waals surface area contributed by atoms with Crippen molar-refractivity contribution in [3.63, 3.8) is 0 Å². The highest BCUT2D eigenvalue weighted by Gasteiger charge is 2.17. The quantitative estimate of drug-likeness (QED) is 0.588. The Bertz CT molecular complexity index is 465. The lowest BCUT2D eigenvalue weighted by atomic mass is 10.2. The molecule has 0 saturated heterocycles. The zero-order chi connectivity index (χ0) is 13.5. The van der Waals surface area contributed by atoms with Crippen LogP contribution in [0.2, 0.25) is 0 Å². The number of hydrogen-bond acceptors (Lipinski definition) is 3. The van der Waals surface area contributed by atoms with E-state index in [4.69, 9.17) is 0 Å². The number of esters is 1. The van der Waals surface area contributed by atoms with E-state index in [-0.39, 0.29) is 18.0 Å². The third kappa shape index (κ3) is 3.31. The molecule has 0 bridgehead atoms. The predicted octanol–water partition coefficient (Wildman–Crippen LogP) is 1.93. The molecule has 0 aliphatic heterocycles. The van der Waals surface area contributed by atoms with Crippen molar-refractivity contribution in [2.24, 2.45) is 0 Å². The molecule has 0 saturated carbocycles. The smallest absolute Gasteiger partial charge is 0.334 e. The first-order valence-electron chi connectivity index (χ1n) is 5.35. The average Bonchev–Trinajstić information content (AvgIpc) is 2.43. The summed E-state index contributed by atoms with van der Waals surface area (Å²) in [6.45, 7) is 7.12. The summed E-state index contributed by atoms with van der Waals surface area (Å²) in [6, 6.07) is 8.99. The lowest BCUT2D eigenvalue weighted by Gasteiger charge is -2.21. The minimum Gasteiger partial charge on any atom is -0.466 e. The largest absolute Gasteiger partial charge is 0.466 e. The number of rotatable bonds is 5. The van der Waals surface area contributed by atoms with E-state index in [1.807, 2.05) is 6.07 Å². The topological polar surface area (TPSA) is 46.6 Å². The molecule has 0 radical (unpaired) electrons. The van der Waals surface area contributed by atoms with Gasteiger partial charge in [-0.15, -0.1) is 0 Å². The lowest BCUT2D eigenvalue weighted by molar-refractivity contribution is -0.136.